The van der Waals surface area contributed by atoms with Gasteiger partial charge in [-0.2, -0.15) is 0 Å². The van der Waals surface area contributed by atoms with Crippen molar-refractivity contribution in [2.75, 3.05) is 39.2 Å². The highest BCUT2D eigenvalue weighted by molar-refractivity contribution is 5.89. The first-order chi connectivity index (χ1) is 13.7. The predicted octanol–water partition coefficient (Wildman–Crippen LogP) is 3.80. The first-order valence-corrected chi connectivity index (χ1v) is 9.71. The number of methoxy groups -OCH3 is 2. The Morgan fingerprint density at radius 3 is 2.64 bits per heavy atom. The minimum atomic E-state index is -0.214. The van der Waals surface area contributed by atoms with Crippen molar-refractivity contribution in [3.05, 3.63) is 59.7 Å². The second-order valence-electron chi connectivity index (χ2n) is 6.97. The molecule has 2 aromatic rings. The number of carbonyl (C=O) groups excluding carboxylic acids is 1. The van der Waals surface area contributed by atoms with Crippen LogP contribution in [0.15, 0.2) is 48.5 Å². The van der Waals surface area contributed by atoms with Gasteiger partial charge >= 0.3 is 6.03 Å². The average Bonchev–Trinajstić information content (AvgIpc) is 3.23. The standard InChI is InChI=1S/C22H29N3O3/c1-27-16-17-8-7-9-18(14-17)24-22(26)23-15-20(25-12-5-6-13-25)19-10-3-4-11-21(19)28-2/h3-4,7-11,14,20H,5-6,12-13,15-16H2,1-2H3,(H2,23,24,26). The summed E-state index contributed by atoms with van der Waals surface area (Å²) in [7, 11) is 3.34. The SMILES string of the molecule is COCc1cccc(NC(=O)NCC(c2ccccc2OC)N2CCCC2)c1. The van der Waals surface area contributed by atoms with E-state index in [0.717, 1.165) is 35.7 Å². The molecule has 28 heavy (non-hydrogen) atoms. The van der Waals surface area contributed by atoms with Crippen molar-refractivity contribution in [1.29, 1.82) is 0 Å². The van der Waals surface area contributed by atoms with Crippen LogP contribution in [0.1, 0.15) is 30.0 Å². The molecule has 1 aliphatic rings. The zero-order valence-corrected chi connectivity index (χ0v) is 16.6. The molecule has 1 fully saturated rings. The third-order valence-corrected chi connectivity index (χ3v) is 5.03. The van der Waals surface area contributed by atoms with Gasteiger partial charge in [-0.3, -0.25) is 4.90 Å². The maximum atomic E-state index is 12.5. The number of carbonyl (C=O) groups is 1. The summed E-state index contributed by atoms with van der Waals surface area (Å²) in [5.74, 6) is 0.855. The molecule has 1 heterocycles. The van der Waals surface area contributed by atoms with Crippen molar-refractivity contribution in [3.8, 4) is 5.75 Å². The van der Waals surface area contributed by atoms with Crippen molar-refractivity contribution in [2.45, 2.75) is 25.5 Å². The Hall–Kier alpha value is -2.57. The molecule has 2 amide bonds. The molecule has 1 atom stereocenters. The predicted molar refractivity (Wildman–Crippen MR) is 111 cm³/mol. The summed E-state index contributed by atoms with van der Waals surface area (Å²) in [6, 6.07) is 15.6. The minimum absolute atomic E-state index is 0.0872. The van der Waals surface area contributed by atoms with Crippen LogP contribution in [0.3, 0.4) is 0 Å². The van der Waals surface area contributed by atoms with E-state index >= 15 is 0 Å². The van der Waals surface area contributed by atoms with Crippen LogP contribution in [-0.4, -0.2) is 44.8 Å². The Morgan fingerprint density at radius 1 is 1.11 bits per heavy atom. The Bertz CT molecular complexity index is 775. The van der Waals surface area contributed by atoms with Gasteiger partial charge in [0.25, 0.3) is 0 Å². The molecule has 6 nitrogen and oxygen atoms in total. The van der Waals surface area contributed by atoms with E-state index in [1.165, 1.54) is 12.8 Å². The highest BCUT2D eigenvalue weighted by Crippen LogP contribution is 2.31. The number of hydrogen-bond donors (Lipinski definition) is 2. The monoisotopic (exact) mass is 383 g/mol. The van der Waals surface area contributed by atoms with Crippen molar-refractivity contribution < 1.29 is 14.3 Å². The van der Waals surface area contributed by atoms with Gasteiger partial charge in [0.05, 0.1) is 19.8 Å². The molecule has 1 unspecified atom stereocenters. The second kappa shape index (κ2) is 10.1. The van der Waals surface area contributed by atoms with E-state index in [1.54, 1.807) is 14.2 Å². The smallest absolute Gasteiger partial charge is 0.319 e. The molecule has 0 radical (unpaired) electrons. The fourth-order valence-corrected chi connectivity index (χ4v) is 3.70. The van der Waals surface area contributed by atoms with E-state index in [-0.39, 0.29) is 12.1 Å². The lowest BCUT2D eigenvalue weighted by atomic mass is 10.0. The first kappa shape index (κ1) is 20.2. The Labute approximate surface area is 166 Å². The molecule has 2 N–H and O–H groups in total. The molecule has 0 saturated carbocycles. The highest BCUT2D eigenvalue weighted by atomic mass is 16.5. The number of hydrogen-bond acceptors (Lipinski definition) is 4. The highest BCUT2D eigenvalue weighted by Gasteiger charge is 2.26. The molecular weight excluding hydrogens is 354 g/mol. The molecule has 2 aromatic carbocycles. The van der Waals surface area contributed by atoms with Crippen molar-refractivity contribution in [1.82, 2.24) is 10.2 Å². The lowest BCUT2D eigenvalue weighted by Gasteiger charge is -2.29. The number of urea groups is 1. The molecule has 3 rings (SSSR count). The number of nitrogens with zero attached hydrogens (tertiary/aromatic N) is 1. The number of likely N-dealkylation sites (tertiary alicyclic amines) is 1. The van der Waals surface area contributed by atoms with Gasteiger partial charge in [-0.25, -0.2) is 4.79 Å². The molecule has 6 heteroatoms. The molecule has 0 spiro atoms. The van der Waals surface area contributed by atoms with Crippen molar-refractivity contribution in [2.24, 2.45) is 0 Å². The lowest BCUT2D eigenvalue weighted by molar-refractivity contribution is 0.185. The quantitative estimate of drug-likeness (QED) is 0.728. The van der Waals surface area contributed by atoms with Gasteiger partial charge in [0.15, 0.2) is 0 Å². The molecule has 1 saturated heterocycles. The summed E-state index contributed by atoms with van der Waals surface area (Å²) in [6.45, 7) is 3.10. The maximum Gasteiger partial charge on any atom is 0.319 e. The van der Waals surface area contributed by atoms with Crippen LogP contribution >= 0.6 is 0 Å². The fraction of sp³-hybridized carbons (Fsp3) is 0.409. The van der Waals surface area contributed by atoms with Crippen LogP contribution in [0.25, 0.3) is 0 Å². The molecule has 150 valence electrons. The Morgan fingerprint density at radius 2 is 1.89 bits per heavy atom. The summed E-state index contributed by atoms with van der Waals surface area (Å²) in [5, 5.41) is 5.94. The summed E-state index contributed by atoms with van der Waals surface area (Å²) < 4.78 is 10.7. The van der Waals surface area contributed by atoms with Crippen LogP contribution in [-0.2, 0) is 11.3 Å². The Balaban J connectivity index is 1.66. The average molecular weight is 383 g/mol. The molecule has 1 aliphatic heterocycles. The van der Waals surface area contributed by atoms with Crippen LogP contribution in [0, 0.1) is 0 Å². The van der Waals surface area contributed by atoms with Gasteiger partial charge < -0.3 is 20.1 Å². The summed E-state index contributed by atoms with van der Waals surface area (Å²) in [5.41, 5.74) is 2.88. The van der Waals surface area contributed by atoms with Crippen LogP contribution < -0.4 is 15.4 Å². The molecule has 0 bridgehead atoms. The number of nitrogens with one attached hydrogen (secondary N) is 2. The van der Waals surface area contributed by atoms with Gasteiger partial charge in [0.2, 0.25) is 0 Å². The van der Waals surface area contributed by atoms with Crippen LogP contribution in [0.4, 0.5) is 10.5 Å². The first-order valence-electron chi connectivity index (χ1n) is 9.71. The van der Waals surface area contributed by atoms with E-state index < -0.39 is 0 Å². The largest absolute Gasteiger partial charge is 0.496 e. The number of ether oxygens (including phenoxy) is 2. The number of benzene rings is 2. The van der Waals surface area contributed by atoms with Crippen LogP contribution in [0.2, 0.25) is 0 Å². The summed E-state index contributed by atoms with van der Waals surface area (Å²) in [6.07, 6.45) is 2.37. The lowest BCUT2D eigenvalue weighted by Crippen LogP contribution is -2.38. The van der Waals surface area contributed by atoms with E-state index in [0.29, 0.717) is 13.2 Å². The van der Waals surface area contributed by atoms with Gasteiger partial charge in [0, 0.05) is 24.9 Å². The minimum Gasteiger partial charge on any atom is -0.496 e. The van der Waals surface area contributed by atoms with E-state index in [1.807, 2.05) is 42.5 Å². The number of rotatable bonds is 8. The number of para-hydroxylation sites is 1. The van der Waals surface area contributed by atoms with E-state index in [4.69, 9.17) is 9.47 Å². The second-order valence-corrected chi connectivity index (χ2v) is 6.97. The maximum absolute atomic E-state index is 12.5. The molecule has 0 aliphatic carbocycles. The van der Waals surface area contributed by atoms with Gasteiger partial charge in [0.1, 0.15) is 5.75 Å². The fourth-order valence-electron chi connectivity index (χ4n) is 3.70. The van der Waals surface area contributed by atoms with E-state index in [2.05, 4.69) is 21.6 Å². The topological polar surface area (TPSA) is 62.8 Å². The van der Waals surface area contributed by atoms with Gasteiger partial charge in [-0.1, -0.05) is 30.3 Å². The normalized spacial score (nSPS) is 15.2. The van der Waals surface area contributed by atoms with E-state index in [9.17, 15) is 4.79 Å². The summed E-state index contributed by atoms with van der Waals surface area (Å²) in [4.78, 5) is 14.9. The van der Waals surface area contributed by atoms with Crippen molar-refractivity contribution in [3.63, 3.8) is 0 Å². The zero-order valence-electron chi connectivity index (χ0n) is 16.6. The van der Waals surface area contributed by atoms with Gasteiger partial charge in [-0.15, -0.1) is 0 Å². The Kier molecular flexibility index (Phi) is 7.28. The third kappa shape index (κ3) is 5.24. The molecule has 0 aromatic heterocycles. The van der Waals surface area contributed by atoms with Crippen LogP contribution in [0.5, 0.6) is 5.75 Å². The number of anilines is 1. The van der Waals surface area contributed by atoms with Gasteiger partial charge in [-0.05, 0) is 49.7 Å². The molecular formula is C22H29N3O3. The number of amides is 2. The summed E-state index contributed by atoms with van der Waals surface area (Å²) >= 11 is 0. The zero-order chi connectivity index (χ0) is 19.8. The third-order valence-electron chi connectivity index (χ3n) is 5.03. The van der Waals surface area contributed by atoms with Crippen molar-refractivity contribution >= 4 is 11.7 Å².